The number of nitrogens with zero attached hydrogens (tertiary/aromatic N) is 1. The molecule has 2 atom stereocenters. The maximum atomic E-state index is 13.1. The van der Waals surface area contributed by atoms with Crippen LogP contribution in [-0.4, -0.2) is 34.3 Å². The van der Waals surface area contributed by atoms with Crippen LogP contribution in [-0.2, 0) is 9.59 Å². The van der Waals surface area contributed by atoms with Gasteiger partial charge in [0.1, 0.15) is 11.6 Å². The van der Waals surface area contributed by atoms with Crippen LogP contribution >= 0.6 is 0 Å². The highest BCUT2D eigenvalue weighted by atomic mass is 16.2. The fraction of sp³-hybridized carbons (Fsp3) is 0.882. The van der Waals surface area contributed by atoms with E-state index in [4.69, 9.17) is 0 Å². The van der Waals surface area contributed by atoms with E-state index in [0.29, 0.717) is 0 Å². The molecule has 120 valence electrons. The molecule has 4 nitrogen and oxygen atoms in total. The Morgan fingerprint density at radius 2 is 1.86 bits per heavy atom. The Bertz CT molecular complexity index is 419. The number of nitrogens with one attached hydrogen (secondary N) is 1. The summed E-state index contributed by atoms with van der Waals surface area (Å²) in [5.41, 5.74) is -0.829. The molecular formula is C17H30N2O2. The Balaban J connectivity index is 2.40. The normalized spacial score (nSPS) is 27.1. The second-order valence-corrected chi connectivity index (χ2v) is 7.86. The Morgan fingerprint density at radius 3 is 2.33 bits per heavy atom. The summed E-state index contributed by atoms with van der Waals surface area (Å²) >= 11 is 0. The lowest BCUT2D eigenvalue weighted by molar-refractivity contribution is -0.163. The van der Waals surface area contributed by atoms with E-state index in [1.807, 2.05) is 25.7 Å². The van der Waals surface area contributed by atoms with Gasteiger partial charge in [0.05, 0.1) is 0 Å². The van der Waals surface area contributed by atoms with Gasteiger partial charge in [0.25, 0.3) is 0 Å². The number of amides is 2. The van der Waals surface area contributed by atoms with Crippen LogP contribution in [0.3, 0.4) is 0 Å². The molecule has 1 spiro atoms. The summed E-state index contributed by atoms with van der Waals surface area (Å²) in [5.74, 6) is 0.187. The number of hydrogen-bond donors (Lipinski definition) is 1. The molecule has 0 aromatic rings. The van der Waals surface area contributed by atoms with Gasteiger partial charge in [0.2, 0.25) is 11.8 Å². The predicted octanol–water partition coefficient (Wildman–Crippen LogP) is 2.86. The summed E-state index contributed by atoms with van der Waals surface area (Å²) in [6.07, 6.45) is 5.69. The molecule has 2 aliphatic rings. The van der Waals surface area contributed by atoms with E-state index in [0.717, 1.165) is 38.5 Å². The number of carbonyl (C=O) groups excluding carboxylic acids is 2. The van der Waals surface area contributed by atoms with Crippen molar-refractivity contribution in [1.82, 2.24) is 10.2 Å². The molecule has 1 saturated heterocycles. The topological polar surface area (TPSA) is 49.4 Å². The van der Waals surface area contributed by atoms with Gasteiger partial charge in [0.15, 0.2) is 0 Å². The first-order valence-electron chi connectivity index (χ1n) is 8.38. The minimum absolute atomic E-state index is 0.0717. The van der Waals surface area contributed by atoms with Crippen LogP contribution in [0.25, 0.3) is 0 Å². The van der Waals surface area contributed by atoms with Crippen LogP contribution in [0.2, 0.25) is 0 Å². The van der Waals surface area contributed by atoms with Gasteiger partial charge >= 0.3 is 0 Å². The average Bonchev–Trinajstić information content (AvgIpc) is 2.83. The molecule has 0 aromatic carbocycles. The number of hydrogen-bond acceptors (Lipinski definition) is 2. The zero-order chi connectivity index (χ0) is 15.8. The molecule has 1 aliphatic heterocycles. The van der Waals surface area contributed by atoms with Gasteiger partial charge in [-0.2, -0.15) is 0 Å². The van der Waals surface area contributed by atoms with Crippen molar-refractivity contribution in [2.45, 2.75) is 90.8 Å². The zero-order valence-corrected chi connectivity index (χ0v) is 14.2. The van der Waals surface area contributed by atoms with Crippen molar-refractivity contribution in [1.29, 1.82) is 0 Å². The van der Waals surface area contributed by atoms with Crippen LogP contribution in [0.5, 0.6) is 0 Å². The summed E-state index contributed by atoms with van der Waals surface area (Å²) in [7, 11) is 0. The number of rotatable bonds is 3. The van der Waals surface area contributed by atoms with Gasteiger partial charge in [-0.3, -0.25) is 9.59 Å². The zero-order valence-electron chi connectivity index (χ0n) is 14.2. The van der Waals surface area contributed by atoms with E-state index >= 15 is 0 Å². The molecule has 2 rings (SSSR count). The maximum Gasteiger partial charge on any atom is 0.246 e. The molecule has 4 heteroatoms. The fourth-order valence-corrected chi connectivity index (χ4v) is 3.99. The van der Waals surface area contributed by atoms with E-state index in [1.54, 1.807) is 0 Å². The standard InChI is InChI=1S/C17H30N2O2/c1-6-9-12(2)19-14(20)13(16(3,4)5)18-15(21)17(19)10-7-8-11-17/h12-13H,6-11H2,1-5H3,(H,18,21). The first-order chi connectivity index (χ1) is 9.74. The minimum Gasteiger partial charge on any atom is -0.342 e. The van der Waals surface area contributed by atoms with Gasteiger partial charge in [-0.1, -0.05) is 47.0 Å². The molecule has 1 aliphatic carbocycles. The molecule has 2 unspecified atom stereocenters. The van der Waals surface area contributed by atoms with E-state index in [-0.39, 0.29) is 23.3 Å². The molecule has 1 heterocycles. The molecule has 2 amide bonds. The van der Waals surface area contributed by atoms with Crippen LogP contribution in [0.15, 0.2) is 0 Å². The van der Waals surface area contributed by atoms with E-state index in [9.17, 15) is 9.59 Å². The lowest BCUT2D eigenvalue weighted by Crippen LogP contribution is -2.73. The molecular weight excluding hydrogens is 264 g/mol. The largest absolute Gasteiger partial charge is 0.342 e. The summed E-state index contributed by atoms with van der Waals surface area (Å²) in [6.45, 7) is 10.3. The Morgan fingerprint density at radius 1 is 1.29 bits per heavy atom. The molecule has 2 fully saturated rings. The van der Waals surface area contributed by atoms with Gasteiger partial charge in [0, 0.05) is 6.04 Å². The van der Waals surface area contributed by atoms with Crippen molar-refractivity contribution in [2.75, 3.05) is 0 Å². The summed E-state index contributed by atoms with van der Waals surface area (Å²) in [5, 5.41) is 3.04. The quantitative estimate of drug-likeness (QED) is 0.870. The SMILES string of the molecule is CCCC(C)N1C(=O)C(C(C)(C)C)NC(=O)C12CCCC2. The number of carbonyl (C=O) groups is 2. The van der Waals surface area contributed by atoms with Crippen LogP contribution in [0, 0.1) is 5.41 Å². The smallest absolute Gasteiger partial charge is 0.246 e. The summed E-state index contributed by atoms with van der Waals surface area (Å²) < 4.78 is 0. The van der Waals surface area contributed by atoms with Gasteiger partial charge in [-0.25, -0.2) is 0 Å². The highest BCUT2D eigenvalue weighted by Gasteiger charge is 2.56. The molecule has 1 saturated carbocycles. The van der Waals surface area contributed by atoms with Crippen molar-refractivity contribution >= 4 is 11.8 Å². The van der Waals surface area contributed by atoms with Crippen molar-refractivity contribution in [3.63, 3.8) is 0 Å². The first kappa shape index (κ1) is 16.3. The lowest BCUT2D eigenvalue weighted by Gasteiger charge is -2.51. The molecule has 21 heavy (non-hydrogen) atoms. The molecule has 1 N–H and O–H groups in total. The number of piperazine rings is 1. The lowest BCUT2D eigenvalue weighted by atomic mass is 9.79. The van der Waals surface area contributed by atoms with E-state index in [1.165, 1.54) is 0 Å². The monoisotopic (exact) mass is 294 g/mol. The second kappa shape index (κ2) is 5.62. The fourth-order valence-electron chi connectivity index (χ4n) is 3.99. The Labute approximate surface area is 128 Å². The minimum atomic E-state index is -0.576. The Kier molecular flexibility index (Phi) is 4.36. The molecule has 0 radical (unpaired) electrons. The van der Waals surface area contributed by atoms with E-state index in [2.05, 4.69) is 19.2 Å². The van der Waals surface area contributed by atoms with Crippen molar-refractivity contribution in [2.24, 2.45) is 5.41 Å². The molecule has 0 aromatic heterocycles. The highest BCUT2D eigenvalue weighted by Crippen LogP contribution is 2.41. The third-order valence-corrected chi connectivity index (χ3v) is 5.09. The van der Waals surface area contributed by atoms with Gasteiger partial charge in [-0.05, 0) is 31.6 Å². The maximum absolute atomic E-state index is 13.1. The van der Waals surface area contributed by atoms with E-state index < -0.39 is 11.6 Å². The van der Waals surface area contributed by atoms with Gasteiger partial charge < -0.3 is 10.2 Å². The average molecular weight is 294 g/mol. The first-order valence-corrected chi connectivity index (χ1v) is 8.38. The summed E-state index contributed by atoms with van der Waals surface area (Å²) in [6, 6.07) is -0.271. The predicted molar refractivity (Wildman–Crippen MR) is 83.8 cm³/mol. The van der Waals surface area contributed by atoms with Crippen LogP contribution in [0.4, 0.5) is 0 Å². The van der Waals surface area contributed by atoms with Crippen molar-refractivity contribution < 1.29 is 9.59 Å². The van der Waals surface area contributed by atoms with Crippen LogP contribution in [0.1, 0.15) is 73.1 Å². The van der Waals surface area contributed by atoms with Crippen molar-refractivity contribution in [3.05, 3.63) is 0 Å². The third kappa shape index (κ3) is 2.69. The second-order valence-electron chi connectivity index (χ2n) is 7.86. The van der Waals surface area contributed by atoms with Crippen molar-refractivity contribution in [3.8, 4) is 0 Å². The third-order valence-electron chi connectivity index (χ3n) is 5.09. The summed E-state index contributed by atoms with van der Waals surface area (Å²) in [4.78, 5) is 27.9. The van der Waals surface area contributed by atoms with Crippen LogP contribution < -0.4 is 5.32 Å². The molecule has 0 bridgehead atoms. The Hall–Kier alpha value is -1.06. The van der Waals surface area contributed by atoms with Gasteiger partial charge in [-0.15, -0.1) is 0 Å². The highest BCUT2D eigenvalue weighted by molar-refractivity contribution is 6.00.